The number of nitrogens with one attached hydrogen (secondary N) is 1. The Hall–Kier alpha value is -2.48. The van der Waals surface area contributed by atoms with Crippen LogP contribution in [-0.2, 0) is 14.8 Å². The average Bonchev–Trinajstić information content (AvgIpc) is 2.77. The first-order chi connectivity index (χ1) is 14.9. The highest BCUT2D eigenvalue weighted by molar-refractivity contribution is 7.99. The van der Waals surface area contributed by atoms with E-state index in [4.69, 9.17) is 11.6 Å². The van der Waals surface area contributed by atoms with E-state index >= 15 is 0 Å². The Bertz CT molecular complexity index is 1120. The summed E-state index contributed by atoms with van der Waals surface area (Å²) in [6.45, 7) is 2.11. The number of aryl methyl sites for hydroxylation is 1. The van der Waals surface area contributed by atoms with Gasteiger partial charge < -0.3 is 5.32 Å². The first-order valence-corrected chi connectivity index (χ1v) is 12.5. The third-order valence-corrected chi connectivity index (χ3v) is 7.47. The Morgan fingerprint density at radius 2 is 1.71 bits per heavy atom. The van der Waals surface area contributed by atoms with Crippen LogP contribution in [-0.4, -0.2) is 33.2 Å². The fourth-order valence-corrected chi connectivity index (χ4v) is 5.23. The standard InChI is InChI=1S/C23H23ClN2O3S2/c1-18-10-12-21(13-11-18)30-15-14-25-23(27)17-26(20-7-5-6-19(24)16-20)31(28,29)22-8-3-2-4-9-22/h2-13,16H,14-15,17H2,1H3,(H,25,27). The van der Waals surface area contributed by atoms with Crippen LogP contribution in [0.1, 0.15) is 5.56 Å². The molecule has 0 unspecified atom stereocenters. The monoisotopic (exact) mass is 474 g/mol. The molecular weight excluding hydrogens is 452 g/mol. The lowest BCUT2D eigenvalue weighted by Gasteiger charge is -2.24. The molecule has 0 aromatic heterocycles. The van der Waals surface area contributed by atoms with Gasteiger partial charge in [0.15, 0.2) is 0 Å². The highest BCUT2D eigenvalue weighted by Gasteiger charge is 2.27. The van der Waals surface area contributed by atoms with Gasteiger partial charge in [0.05, 0.1) is 10.6 Å². The fraction of sp³-hybridized carbons (Fsp3) is 0.174. The van der Waals surface area contributed by atoms with Gasteiger partial charge in [-0.25, -0.2) is 8.42 Å². The number of carbonyl (C=O) groups excluding carboxylic acids is 1. The molecule has 0 fully saturated rings. The molecule has 0 heterocycles. The second-order valence-electron chi connectivity index (χ2n) is 6.82. The van der Waals surface area contributed by atoms with Crippen molar-refractivity contribution in [2.45, 2.75) is 16.7 Å². The van der Waals surface area contributed by atoms with Crippen LogP contribution in [0.2, 0.25) is 5.02 Å². The van der Waals surface area contributed by atoms with Crippen LogP contribution in [0.5, 0.6) is 0 Å². The summed E-state index contributed by atoms with van der Waals surface area (Å²) >= 11 is 7.69. The molecule has 8 heteroatoms. The molecule has 31 heavy (non-hydrogen) atoms. The van der Waals surface area contributed by atoms with E-state index < -0.39 is 10.0 Å². The molecule has 3 aromatic rings. The third kappa shape index (κ3) is 6.50. The Balaban J connectivity index is 1.68. The number of anilines is 1. The lowest BCUT2D eigenvalue weighted by molar-refractivity contribution is -0.119. The highest BCUT2D eigenvalue weighted by Crippen LogP contribution is 2.26. The van der Waals surface area contributed by atoms with Gasteiger partial charge in [-0.05, 0) is 49.4 Å². The number of thioether (sulfide) groups is 1. The molecule has 0 aliphatic rings. The Kier molecular flexibility index (Phi) is 8.01. The molecule has 1 N–H and O–H groups in total. The first kappa shape index (κ1) is 23.2. The van der Waals surface area contributed by atoms with E-state index in [1.54, 1.807) is 48.2 Å². The normalized spacial score (nSPS) is 11.2. The summed E-state index contributed by atoms with van der Waals surface area (Å²) in [6, 6.07) is 22.6. The van der Waals surface area contributed by atoms with Gasteiger partial charge in [-0.3, -0.25) is 9.10 Å². The van der Waals surface area contributed by atoms with Gasteiger partial charge in [0, 0.05) is 22.2 Å². The molecule has 3 aromatic carbocycles. The molecule has 1 amide bonds. The minimum Gasteiger partial charge on any atom is -0.354 e. The second-order valence-corrected chi connectivity index (χ2v) is 10.3. The van der Waals surface area contributed by atoms with Gasteiger partial charge in [-0.2, -0.15) is 0 Å². The number of carbonyl (C=O) groups is 1. The van der Waals surface area contributed by atoms with Crippen molar-refractivity contribution in [2.75, 3.05) is 23.1 Å². The zero-order valence-corrected chi connectivity index (χ0v) is 19.4. The molecule has 0 bridgehead atoms. The summed E-state index contributed by atoms with van der Waals surface area (Å²) < 4.78 is 27.5. The maximum absolute atomic E-state index is 13.2. The van der Waals surface area contributed by atoms with E-state index in [0.717, 1.165) is 9.20 Å². The predicted octanol–water partition coefficient (Wildman–Crippen LogP) is 4.75. The van der Waals surface area contributed by atoms with Crippen LogP contribution >= 0.6 is 23.4 Å². The van der Waals surface area contributed by atoms with Crippen molar-refractivity contribution in [3.8, 4) is 0 Å². The van der Waals surface area contributed by atoms with Gasteiger partial charge >= 0.3 is 0 Å². The number of benzene rings is 3. The van der Waals surface area contributed by atoms with E-state index in [-0.39, 0.29) is 17.3 Å². The van der Waals surface area contributed by atoms with Crippen LogP contribution in [0, 0.1) is 6.92 Å². The van der Waals surface area contributed by atoms with Crippen molar-refractivity contribution in [1.82, 2.24) is 5.32 Å². The maximum Gasteiger partial charge on any atom is 0.264 e. The zero-order valence-electron chi connectivity index (χ0n) is 17.0. The number of halogens is 1. The molecule has 5 nitrogen and oxygen atoms in total. The fourth-order valence-electron chi connectivity index (χ4n) is 2.85. The molecule has 0 aliphatic carbocycles. The van der Waals surface area contributed by atoms with E-state index in [9.17, 15) is 13.2 Å². The number of rotatable bonds is 9. The highest BCUT2D eigenvalue weighted by atomic mass is 35.5. The zero-order chi connectivity index (χ0) is 22.3. The topological polar surface area (TPSA) is 66.5 Å². The van der Waals surface area contributed by atoms with Crippen molar-refractivity contribution in [3.63, 3.8) is 0 Å². The Labute approximate surface area is 192 Å². The van der Waals surface area contributed by atoms with Gasteiger partial charge in [0.2, 0.25) is 5.91 Å². The van der Waals surface area contributed by atoms with Crippen molar-refractivity contribution >= 4 is 45.0 Å². The van der Waals surface area contributed by atoms with Crippen molar-refractivity contribution in [2.24, 2.45) is 0 Å². The molecule has 0 radical (unpaired) electrons. The number of nitrogens with zero attached hydrogens (tertiary/aromatic N) is 1. The van der Waals surface area contributed by atoms with Crippen LogP contribution in [0.25, 0.3) is 0 Å². The summed E-state index contributed by atoms with van der Waals surface area (Å²) in [5.41, 5.74) is 1.53. The number of hydrogen-bond acceptors (Lipinski definition) is 4. The van der Waals surface area contributed by atoms with E-state index in [2.05, 4.69) is 5.32 Å². The molecule has 0 atom stereocenters. The van der Waals surface area contributed by atoms with E-state index in [1.807, 2.05) is 31.2 Å². The lowest BCUT2D eigenvalue weighted by Crippen LogP contribution is -2.41. The Morgan fingerprint density at radius 1 is 1.00 bits per heavy atom. The van der Waals surface area contributed by atoms with Crippen LogP contribution < -0.4 is 9.62 Å². The Morgan fingerprint density at radius 3 is 2.39 bits per heavy atom. The number of hydrogen-bond donors (Lipinski definition) is 1. The molecule has 162 valence electrons. The second kappa shape index (κ2) is 10.7. The van der Waals surface area contributed by atoms with Gasteiger partial charge in [0.25, 0.3) is 10.0 Å². The lowest BCUT2D eigenvalue weighted by atomic mass is 10.2. The molecule has 0 spiro atoms. The molecule has 3 rings (SSSR count). The SMILES string of the molecule is Cc1ccc(SCCNC(=O)CN(c2cccc(Cl)c2)S(=O)(=O)c2ccccc2)cc1. The van der Waals surface area contributed by atoms with Crippen LogP contribution in [0.15, 0.2) is 88.7 Å². The predicted molar refractivity (Wildman–Crippen MR) is 127 cm³/mol. The van der Waals surface area contributed by atoms with Crippen LogP contribution in [0.4, 0.5) is 5.69 Å². The third-order valence-electron chi connectivity index (χ3n) is 4.43. The minimum atomic E-state index is -3.93. The summed E-state index contributed by atoms with van der Waals surface area (Å²) in [6.07, 6.45) is 0. The first-order valence-electron chi connectivity index (χ1n) is 9.66. The maximum atomic E-state index is 13.2. The largest absolute Gasteiger partial charge is 0.354 e. The van der Waals surface area contributed by atoms with Crippen LogP contribution in [0.3, 0.4) is 0 Å². The number of amides is 1. The molecule has 0 aliphatic heterocycles. The summed E-state index contributed by atoms with van der Waals surface area (Å²) in [7, 11) is -3.93. The van der Waals surface area contributed by atoms with Gasteiger partial charge in [0.1, 0.15) is 6.54 Å². The molecular formula is C23H23ClN2O3S2. The van der Waals surface area contributed by atoms with Crippen molar-refractivity contribution in [1.29, 1.82) is 0 Å². The molecule has 0 saturated carbocycles. The van der Waals surface area contributed by atoms with Gasteiger partial charge in [-0.1, -0.05) is 53.6 Å². The minimum absolute atomic E-state index is 0.109. The summed E-state index contributed by atoms with van der Waals surface area (Å²) in [5, 5.41) is 3.19. The smallest absolute Gasteiger partial charge is 0.264 e. The average molecular weight is 475 g/mol. The quantitative estimate of drug-likeness (QED) is 0.359. The van der Waals surface area contributed by atoms with E-state index in [0.29, 0.717) is 23.0 Å². The van der Waals surface area contributed by atoms with Crippen molar-refractivity contribution in [3.05, 3.63) is 89.4 Å². The van der Waals surface area contributed by atoms with Gasteiger partial charge in [-0.15, -0.1) is 11.8 Å². The molecule has 0 saturated heterocycles. The van der Waals surface area contributed by atoms with E-state index in [1.165, 1.54) is 23.8 Å². The van der Waals surface area contributed by atoms with Crippen molar-refractivity contribution < 1.29 is 13.2 Å². The number of sulfonamides is 1. The summed E-state index contributed by atoms with van der Waals surface area (Å²) in [5.74, 6) is 0.293. The summed E-state index contributed by atoms with van der Waals surface area (Å²) in [4.78, 5) is 13.8.